The van der Waals surface area contributed by atoms with Gasteiger partial charge in [-0.3, -0.25) is 0 Å². The van der Waals surface area contributed by atoms with E-state index in [4.69, 9.17) is 10.00 Å². The second-order valence-corrected chi connectivity index (χ2v) is 4.28. The zero-order valence-electron chi connectivity index (χ0n) is 9.71. The van der Waals surface area contributed by atoms with Crippen LogP contribution in [-0.2, 0) is 0 Å². The van der Waals surface area contributed by atoms with Crippen LogP contribution in [0.3, 0.4) is 0 Å². The van der Waals surface area contributed by atoms with Crippen molar-refractivity contribution in [2.45, 2.75) is 26.4 Å². The number of hydrogen-bond acceptors (Lipinski definition) is 3. The predicted molar refractivity (Wildman–Crippen MR) is 62.5 cm³/mol. The van der Waals surface area contributed by atoms with E-state index < -0.39 is 0 Å². The number of rotatable bonds is 2. The number of nitriles is 1. The Balaban J connectivity index is 2.23. The van der Waals surface area contributed by atoms with Crippen LogP contribution in [-0.4, -0.2) is 19.2 Å². The first kappa shape index (κ1) is 11.0. The van der Waals surface area contributed by atoms with Gasteiger partial charge in [-0.1, -0.05) is 0 Å². The summed E-state index contributed by atoms with van der Waals surface area (Å²) in [4.78, 5) is 0. The first-order chi connectivity index (χ1) is 7.70. The van der Waals surface area contributed by atoms with Crippen LogP contribution in [0.4, 0.5) is 0 Å². The van der Waals surface area contributed by atoms with E-state index in [2.05, 4.69) is 11.4 Å². The van der Waals surface area contributed by atoms with Gasteiger partial charge in [0.05, 0.1) is 11.6 Å². The van der Waals surface area contributed by atoms with E-state index in [1.54, 1.807) is 0 Å². The molecule has 1 aromatic rings. The second-order valence-electron chi connectivity index (χ2n) is 4.28. The van der Waals surface area contributed by atoms with Gasteiger partial charge in [0.2, 0.25) is 0 Å². The Labute approximate surface area is 96.0 Å². The summed E-state index contributed by atoms with van der Waals surface area (Å²) < 4.78 is 5.96. The molecule has 0 radical (unpaired) electrons. The minimum absolute atomic E-state index is 0.269. The van der Waals surface area contributed by atoms with E-state index in [1.165, 1.54) is 0 Å². The highest BCUT2D eigenvalue weighted by Gasteiger charge is 2.18. The maximum Gasteiger partial charge on any atom is 0.125 e. The van der Waals surface area contributed by atoms with Gasteiger partial charge in [0.25, 0.3) is 0 Å². The summed E-state index contributed by atoms with van der Waals surface area (Å²) in [5, 5.41) is 12.1. The fourth-order valence-corrected chi connectivity index (χ4v) is 2.10. The third-order valence-corrected chi connectivity index (χ3v) is 2.89. The van der Waals surface area contributed by atoms with Gasteiger partial charge in [-0.2, -0.15) is 5.26 Å². The van der Waals surface area contributed by atoms with Gasteiger partial charge in [-0.15, -0.1) is 0 Å². The molecular weight excluding hydrogens is 200 g/mol. The smallest absolute Gasteiger partial charge is 0.125 e. The van der Waals surface area contributed by atoms with Crippen molar-refractivity contribution >= 4 is 0 Å². The zero-order chi connectivity index (χ0) is 11.5. The molecule has 3 nitrogen and oxygen atoms in total. The monoisotopic (exact) mass is 216 g/mol. The largest absolute Gasteiger partial charge is 0.489 e. The average molecular weight is 216 g/mol. The molecule has 0 bridgehead atoms. The van der Waals surface area contributed by atoms with Gasteiger partial charge in [0.1, 0.15) is 11.9 Å². The lowest BCUT2D eigenvalue weighted by Gasteiger charge is -2.17. The first-order valence-electron chi connectivity index (χ1n) is 5.59. The highest BCUT2D eigenvalue weighted by molar-refractivity contribution is 5.47. The predicted octanol–water partition coefficient (Wildman–Crippen LogP) is 1.92. The molecule has 0 saturated carbocycles. The van der Waals surface area contributed by atoms with Crippen LogP contribution in [0.15, 0.2) is 12.1 Å². The maximum absolute atomic E-state index is 8.86. The molecule has 16 heavy (non-hydrogen) atoms. The molecule has 2 rings (SSSR count). The van der Waals surface area contributed by atoms with Gasteiger partial charge in [-0.05, 0) is 50.1 Å². The van der Waals surface area contributed by atoms with E-state index in [-0.39, 0.29) is 6.10 Å². The highest BCUT2D eigenvalue weighted by Crippen LogP contribution is 2.26. The fraction of sp³-hybridized carbons (Fsp3) is 0.462. The van der Waals surface area contributed by atoms with Crippen LogP contribution in [0, 0.1) is 25.2 Å². The summed E-state index contributed by atoms with van der Waals surface area (Å²) in [6, 6.07) is 5.92. The first-order valence-corrected chi connectivity index (χ1v) is 5.59. The third-order valence-electron chi connectivity index (χ3n) is 2.89. The van der Waals surface area contributed by atoms with E-state index >= 15 is 0 Å². The molecule has 1 aliphatic rings. The van der Waals surface area contributed by atoms with Crippen molar-refractivity contribution in [2.24, 2.45) is 0 Å². The normalized spacial score (nSPS) is 19.4. The van der Waals surface area contributed by atoms with Crippen LogP contribution in [0.2, 0.25) is 0 Å². The lowest BCUT2D eigenvalue weighted by molar-refractivity contribution is 0.220. The van der Waals surface area contributed by atoms with Crippen LogP contribution in [0.25, 0.3) is 0 Å². The number of hydrogen-bond donors (Lipinski definition) is 1. The SMILES string of the molecule is Cc1cc(C#N)cc(C)c1OC1CCNC1. The summed E-state index contributed by atoms with van der Waals surface area (Å²) >= 11 is 0. The van der Waals surface area contributed by atoms with Crippen LogP contribution in [0.1, 0.15) is 23.1 Å². The topological polar surface area (TPSA) is 45.0 Å². The Hall–Kier alpha value is -1.53. The summed E-state index contributed by atoms with van der Waals surface area (Å²) in [6.45, 7) is 5.93. The Morgan fingerprint density at radius 1 is 1.38 bits per heavy atom. The molecule has 1 aromatic carbocycles. The number of benzene rings is 1. The fourth-order valence-electron chi connectivity index (χ4n) is 2.10. The minimum atomic E-state index is 0.269. The molecule has 1 unspecified atom stereocenters. The van der Waals surface area contributed by atoms with Crippen molar-refractivity contribution in [3.63, 3.8) is 0 Å². The van der Waals surface area contributed by atoms with Crippen molar-refractivity contribution in [2.75, 3.05) is 13.1 Å². The molecule has 84 valence electrons. The summed E-state index contributed by atoms with van der Waals surface area (Å²) in [7, 11) is 0. The number of nitrogens with one attached hydrogen (secondary N) is 1. The molecule has 1 saturated heterocycles. The summed E-state index contributed by atoms with van der Waals surface area (Å²) in [5.74, 6) is 0.938. The minimum Gasteiger partial charge on any atom is -0.489 e. The van der Waals surface area contributed by atoms with Gasteiger partial charge < -0.3 is 10.1 Å². The van der Waals surface area contributed by atoms with Crippen molar-refractivity contribution in [1.29, 1.82) is 5.26 Å². The Bertz CT molecular complexity index is 405. The third kappa shape index (κ3) is 2.17. The van der Waals surface area contributed by atoms with Gasteiger partial charge in [0, 0.05) is 6.54 Å². The van der Waals surface area contributed by atoms with Crippen molar-refractivity contribution < 1.29 is 4.74 Å². The number of nitrogens with zero attached hydrogens (tertiary/aromatic N) is 1. The van der Waals surface area contributed by atoms with Gasteiger partial charge >= 0.3 is 0 Å². The van der Waals surface area contributed by atoms with Crippen molar-refractivity contribution in [3.05, 3.63) is 28.8 Å². The molecule has 0 amide bonds. The van der Waals surface area contributed by atoms with Gasteiger partial charge in [0.15, 0.2) is 0 Å². The maximum atomic E-state index is 8.86. The molecular formula is C13H16N2O. The van der Waals surface area contributed by atoms with Crippen LogP contribution < -0.4 is 10.1 Å². The van der Waals surface area contributed by atoms with Crippen LogP contribution in [0.5, 0.6) is 5.75 Å². The Kier molecular flexibility index (Phi) is 3.12. The van der Waals surface area contributed by atoms with E-state index in [0.717, 1.165) is 36.4 Å². The molecule has 1 atom stereocenters. The summed E-state index contributed by atoms with van der Waals surface area (Å²) in [5.41, 5.74) is 2.79. The standard InChI is InChI=1S/C13H16N2O/c1-9-5-11(7-14)6-10(2)13(9)16-12-3-4-15-8-12/h5-6,12,15H,3-4,8H2,1-2H3. The molecule has 0 aliphatic carbocycles. The quantitative estimate of drug-likeness (QED) is 0.821. The number of ether oxygens (including phenoxy) is 1. The Morgan fingerprint density at radius 2 is 2.06 bits per heavy atom. The molecule has 3 heteroatoms. The van der Waals surface area contributed by atoms with Crippen LogP contribution >= 0.6 is 0 Å². The van der Waals surface area contributed by atoms with Crippen molar-refractivity contribution in [1.82, 2.24) is 5.32 Å². The molecule has 1 aliphatic heterocycles. The second kappa shape index (κ2) is 4.54. The van der Waals surface area contributed by atoms with E-state index in [9.17, 15) is 0 Å². The average Bonchev–Trinajstić information content (AvgIpc) is 2.75. The Morgan fingerprint density at radius 3 is 2.56 bits per heavy atom. The molecule has 1 fully saturated rings. The number of aryl methyl sites for hydroxylation is 2. The van der Waals surface area contributed by atoms with E-state index in [0.29, 0.717) is 5.56 Å². The summed E-state index contributed by atoms with van der Waals surface area (Å²) in [6.07, 6.45) is 1.32. The van der Waals surface area contributed by atoms with Crippen molar-refractivity contribution in [3.8, 4) is 11.8 Å². The van der Waals surface area contributed by atoms with E-state index in [1.807, 2.05) is 26.0 Å². The lowest BCUT2D eigenvalue weighted by Crippen LogP contribution is -2.20. The highest BCUT2D eigenvalue weighted by atomic mass is 16.5. The molecule has 0 aromatic heterocycles. The lowest BCUT2D eigenvalue weighted by atomic mass is 10.1. The molecule has 1 N–H and O–H groups in total. The molecule has 0 spiro atoms. The zero-order valence-corrected chi connectivity index (χ0v) is 9.71. The van der Waals surface area contributed by atoms with Gasteiger partial charge in [-0.25, -0.2) is 0 Å². The molecule has 1 heterocycles.